The van der Waals surface area contributed by atoms with Gasteiger partial charge in [0.25, 0.3) is 0 Å². The van der Waals surface area contributed by atoms with Crippen LogP contribution in [0.5, 0.6) is 0 Å². The van der Waals surface area contributed by atoms with E-state index in [1.54, 1.807) is 0 Å². The number of hydrogen-bond acceptors (Lipinski definition) is 3. The Bertz CT molecular complexity index is 805. The zero-order valence-corrected chi connectivity index (χ0v) is 13.5. The van der Waals surface area contributed by atoms with Gasteiger partial charge in [0.15, 0.2) is 0 Å². The van der Waals surface area contributed by atoms with E-state index in [1.807, 2.05) is 48.5 Å². The number of nitrogens with zero attached hydrogens (tertiary/aromatic N) is 1. The maximum atomic E-state index is 9.14. The fraction of sp³-hybridized carbons (Fsp3) is 0.211. The number of aliphatic hydroxyl groups excluding tert-OH is 1. The predicted molar refractivity (Wildman–Crippen MR) is 95.6 cm³/mol. The molecule has 23 heavy (non-hydrogen) atoms. The number of aryl methyl sites for hydroxylation is 1. The minimum atomic E-state index is -0.211. The van der Waals surface area contributed by atoms with Crippen molar-refractivity contribution in [2.45, 2.75) is 18.9 Å². The zero-order valence-electron chi connectivity index (χ0n) is 12.7. The second-order valence-electron chi connectivity index (χ2n) is 5.68. The van der Waals surface area contributed by atoms with Crippen LogP contribution in [0.4, 0.5) is 0 Å². The molecule has 0 saturated carbocycles. The molecule has 0 aliphatic carbocycles. The Balaban J connectivity index is 2.08. The van der Waals surface area contributed by atoms with E-state index in [1.165, 1.54) is 0 Å². The van der Waals surface area contributed by atoms with Gasteiger partial charge in [0.2, 0.25) is 0 Å². The number of aromatic nitrogens is 1. The first-order valence-corrected chi connectivity index (χ1v) is 8.06. The minimum absolute atomic E-state index is 0.00465. The number of hydrogen-bond donors (Lipinski definition) is 2. The highest BCUT2D eigenvalue weighted by Crippen LogP contribution is 2.27. The molecule has 3 N–H and O–H groups in total. The summed E-state index contributed by atoms with van der Waals surface area (Å²) in [7, 11) is 0. The molecular weight excluding hydrogens is 308 g/mol. The molecule has 3 rings (SSSR count). The molecule has 1 atom stereocenters. The molecule has 0 saturated heterocycles. The maximum absolute atomic E-state index is 9.14. The first-order chi connectivity index (χ1) is 11.2. The number of benzene rings is 2. The van der Waals surface area contributed by atoms with E-state index >= 15 is 0 Å². The Morgan fingerprint density at radius 2 is 1.87 bits per heavy atom. The minimum Gasteiger partial charge on any atom is -0.395 e. The Kier molecular flexibility index (Phi) is 4.91. The second kappa shape index (κ2) is 7.09. The smallest absolute Gasteiger partial charge is 0.0713 e. The lowest BCUT2D eigenvalue weighted by molar-refractivity contribution is 0.260. The molecule has 0 bridgehead atoms. The molecule has 1 aromatic heterocycles. The normalized spacial score (nSPS) is 12.5. The van der Waals surface area contributed by atoms with Crippen molar-refractivity contribution in [1.82, 2.24) is 4.98 Å². The van der Waals surface area contributed by atoms with Gasteiger partial charge >= 0.3 is 0 Å². The van der Waals surface area contributed by atoms with E-state index in [2.05, 4.69) is 6.07 Å². The molecule has 0 spiro atoms. The average molecular weight is 327 g/mol. The summed E-state index contributed by atoms with van der Waals surface area (Å²) in [6.07, 6.45) is 1.50. The van der Waals surface area contributed by atoms with Crippen LogP contribution >= 0.6 is 11.6 Å². The Morgan fingerprint density at radius 1 is 1.09 bits per heavy atom. The molecule has 1 unspecified atom stereocenters. The molecule has 2 aromatic carbocycles. The van der Waals surface area contributed by atoms with Gasteiger partial charge in [0.05, 0.1) is 17.8 Å². The monoisotopic (exact) mass is 326 g/mol. The largest absolute Gasteiger partial charge is 0.395 e. The van der Waals surface area contributed by atoms with E-state index in [4.69, 9.17) is 27.4 Å². The van der Waals surface area contributed by atoms with Crippen LogP contribution in [0.15, 0.2) is 54.6 Å². The highest BCUT2D eigenvalue weighted by molar-refractivity contribution is 6.31. The van der Waals surface area contributed by atoms with E-state index in [9.17, 15) is 0 Å². The zero-order chi connectivity index (χ0) is 16.2. The summed E-state index contributed by atoms with van der Waals surface area (Å²) >= 11 is 6.14. The van der Waals surface area contributed by atoms with Crippen LogP contribution in [0.25, 0.3) is 22.2 Å². The van der Waals surface area contributed by atoms with Gasteiger partial charge in [0, 0.05) is 22.0 Å². The number of rotatable bonds is 5. The molecule has 4 heteroatoms. The van der Waals surface area contributed by atoms with Gasteiger partial charge < -0.3 is 10.8 Å². The van der Waals surface area contributed by atoms with E-state index in [-0.39, 0.29) is 12.6 Å². The summed E-state index contributed by atoms with van der Waals surface area (Å²) in [5.41, 5.74) is 9.94. The van der Waals surface area contributed by atoms with Crippen LogP contribution in [-0.4, -0.2) is 22.7 Å². The van der Waals surface area contributed by atoms with Crippen LogP contribution < -0.4 is 5.73 Å². The number of pyridine rings is 1. The third-order valence-corrected chi connectivity index (χ3v) is 4.18. The van der Waals surface area contributed by atoms with E-state index in [0.29, 0.717) is 5.02 Å². The van der Waals surface area contributed by atoms with Crippen molar-refractivity contribution in [3.63, 3.8) is 0 Å². The molecule has 0 radical (unpaired) electrons. The third kappa shape index (κ3) is 3.70. The lowest BCUT2D eigenvalue weighted by Gasteiger charge is -2.12. The van der Waals surface area contributed by atoms with Gasteiger partial charge in [-0.1, -0.05) is 41.9 Å². The molecule has 0 fully saturated rings. The first kappa shape index (κ1) is 15.9. The summed E-state index contributed by atoms with van der Waals surface area (Å²) in [6.45, 7) is -0.00465. The van der Waals surface area contributed by atoms with Crippen molar-refractivity contribution in [3.05, 3.63) is 65.2 Å². The maximum Gasteiger partial charge on any atom is 0.0713 e. The van der Waals surface area contributed by atoms with Gasteiger partial charge in [0.1, 0.15) is 0 Å². The van der Waals surface area contributed by atoms with Gasteiger partial charge in [-0.15, -0.1) is 0 Å². The van der Waals surface area contributed by atoms with Crippen molar-refractivity contribution in [2.75, 3.05) is 6.61 Å². The fourth-order valence-electron chi connectivity index (χ4n) is 2.66. The quantitative estimate of drug-likeness (QED) is 0.749. The van der Waals surface area contributed by atoms with Gasteiger partial charge in [-0.2, -0.15) is 0 Å². The van der Waals surface area contributed by atoms with Crippen molar-refractivity contribution in [1.29, 1.82) is 0 Å². The molecular formula is C19H19ClN2O. The number of aliphatic hydroxyl groups is 1. The number of halogens is 1. The average Bonchev–Trinajstić information content (AvgIpc) is 2.60. The van der Waals surface area contributed by atoms with Crippen LogP contribution in [0.1, 0.15) is 12.0 Å². The number of fused-ring (bicyclic) bond motifs is 1. The molecule has 0 amide bonds. The lowest BCUT2D eigenvalue weighted by Crippen LogP contribution is -2.24. The molecule has 3 aromatic rings. The van der Waals surface area contributed by atoms with Crippen molar-refractivity contribution in [3.8, 4) is 11.3 Å². The van der Waals surface area contributed by atoms with Crippen molar-refractivity contribution >= 4 is 22.5 Å². The lowest BCUT2D eigenvalue weighted by atomic mass is 9.99. The highest BCUT2D eigenvalue weighted by Gasteiger charge is 2.10. The van der Waals surface area contributed by atoms with Gasteiger partial charge in [-0.05, 0) is 42.7 Å². The molecule has 118 valence electrons. The Hall–Kier alpha value is -1.94. The van der Waals surface area contributed by atoms with Crippen molar-refractivity contribution < 1.29 is 5.11 Å². The highest BCUT2D eigenvalue weighted by atomic mass is 35.5. The predicted octanol–water partition coefficient (Wildman–Crippen LogP) is 3.81. The fourth-order valence-corrected chi connectivity index (χ4v) is 2.84. The van der Waals surface area contributed by atoms with E-state index in [0.717, 1.165) is 40.6 Å². The summed E-state index contributed by atoms with van der Waals surface area (Å²) in [4.78, 5) is 4.76. The van der Waals surface area contributed by atoms with Crippen LogP contribution in [0.3, 0.4) is 0 Å². The summed E-state index contributed by atoms with van der Waals surface area (Å²) in [5.74, 6) is 0. The first-order valence-electron chi connectivity index (χ1n) is 7.68. The SMILES string of the molecule is NC(CO)CCc1cc(-c2ccccc2)nc2ccc(Cl)cc12. The Morgan fingerprint density at radius 3 is 2.61 bits per heavy atom. The summed E-state index contributed by atoms with van der Waals surface area (Å²) < 4.78 is 0. The van der Waals surface area contributed by atoms with Gasteiger partial charge in [-0.3, -0.25) is 0 Å². The van der Waals surface area contributed by atoms with E-state index < -0.39 is 0 Å². The van der Waals surface area contributed by atoms with Crippen molar-refractivity contribution in [2.24, 2.45) is 5.73 Å². The van der Waals surface area contributed by atoms with Crippen LogP contribution in [-0.2, 0) is 6.42 Å². The second-order valence-corrected chi connectivity index (χ2v) is 6.11. The third-order valence-electron chi connectivity index (χ3n) is 3.94. The standard InChI is InChI=1S/C19H19ClN2O/c20-15-7-9-18-17(11-15)14(6-8-16(21)12-23)10-19(22-18)13-4-2-1-3-5-13/h1-5,7,9-11,16,23H,6,8,12,21H2. The molecule has 0 aliphatic rings. The molecule has 0 aliphatic heterocycles. The molecule has 1 heterocycles. The van der Waals surface area contributed by atoms with Crippen LogP contribution in [0, 0.1) is 0 Å². The Labute approximate surface area is 140 Å². The number of nitrogens with two attached hydrogens (primary N) is 1. The van der Waals surface area contributed by atoms with Crippen LogP contribution in [0.2, 0.25) is 5.02 Å². The summed E-state index contributed by atoms with van der Waals surface area (Å²) in [5, 5.41) is 10.9. The molecule has 3 nitrogen and oxygen atoms in total. The van der Waals surface area contributed by atoms with Gasteiger partial charge in [-0.25, -0.2) is 4.98 Å². The topological polar surface area (TPSA) is 59.1 Å². The summed E-state index contributed by atoms with van der Waals surface area (Å²) in [6, 6.07) is 17.7.